The molecule has 0 bridgehead atoms. The molecule has 1 aliphatic heterocycles. The minimum atomic E-state index is 0.627. The molecule has 1 saturated heterocycles. The van der Waals surface area contributed by atoms with Crippen LogP contribution in [0.4, 0.5) is 0 Å². The van der Waals surface area contributed by atoms with Gasteiger partial charge >= 0.3 is 0 Å². The fraction of sp³-hybridized carbons (Fsp3) is 0.733. The molecule has 0 radical (unpaired) electrons. The van der Waals surface area contributed by atoms with Crippen LogP contribution in [0.3, 0.4) is 0 Å². The molecule has 19 heavy (non-hydrogen) atoms. The Hall–Kier alpha value is 0.350. The van der Waals surface area contributed by atoms with Crippen LogP contribution >= 0.6 is 33.9 Å². The Labute approximate surface area is 134 Å². The largest absolute Gasteiger partial charge is 0.310 e. The molecular weight excluding hydrogens is 367 g/mol. The molecule has 0 amide bonds. The molecule has 0 saturated carbocycles. The van der Waals surface area contributed by atoms with Crippen molar-refractivity contribution >= 4 is 33.9 Å². The Kier molecular flexibility index (Phi) is 5.17. The molecule has 1 fully saturated rings. The lowest BCUT2D eigenvalue weighted by Crippen LogP contribution is -2.28. The summed E-state index contributed by atoms with van der Waals surface area (Å²) in [6.07, 6.45) is 8.10. The van der Waals surface area contributed by atoms with Crippen LogP contribution in [0.15, 0.2) is 6.07 Å². The van der Waals surface area contributed by atoms with Crippen molar-refractivity contribution in [3.05, 3.63) is 19.4 Å². The van der Waals surface area contributed by atoms with Crippen LogP contribution in [0.1, 0.15) is 48.6 Å². The van der Waals surface area contributed by atoms with Crippen LogP contribution in [-0.4, -0.2) is 31.1 Å². The molecule has 1 aromatic rings. The summed E-state index contributed by atoms with van der Waals surface area (Å²) in [5.74, 6) is 0. The van der Waals surface area contributed by atoms with E-state index >= 15 is 0 Å². The van der Waals surface area contributed by atoms with Crippen molar-refractivity contribution in [3.63, 3.8) is 0 Å². The van der Waals surface area contributed by atoms with E-state index in [-0.39, 0.29) is 0 Å². The van der Waals surface area contributed by atoms with Crippen LogP contribution < -0.4 is 5.32 Å². The number of aryl methyl sites for hydroxylation is 1. The molecule has 0 aromatic carbocycles. The summed E-state index contributed by atoms with van der Waals surface area (Å²) in [7, 11) is 0. The normalized spacial score (nSPS) is 23.7. The first-order chi connectivity index (χ1) is 9.33. The predicted molar refractivity (Wildman–Crippen MR) is 91.0 cm³/mol. The van der Waals surface area contributed by atoms with Gasteiger partial charge in [0.05, 0.1) is 2.88 Å². The summed E-state index contributed by atoms with van der Waals surface area (Å²) in [5, 5.41) is 3.79. The Balaban J connectivity index is 1.45. The summed E-state index contributed by atoms with van der Waals surface area (Å²) in [4.78, 5) is 4.24. The van der Waals surface area contributed by atoms with Gasteiger partial charge in [0, 0.05) is 10.9 Å². The third-order valence-corrected chi connectivity index (χ3v) is 6.30. The van der Waals surface area contributed by atoms with Crippen LogP contribution in [0, 0.1) is 2.88 Å². The van der Waals surface area contributed by atoms with Gasteiger partial charge in [-0.3, -0.25) is 0 Å². The summed E-state index contributed by atoms with van der Waals surface area (Å²) in [5.41, 5.74) is 1.60. The van der Waals surface area contributed by atoms with Gasteiger partial charge in [0.25, 0.3) is 0 Å². The maximum atomic E-state index is 3.79. The van der Waals surface area contributed by atoms with Gasteiger partial charge in [-0.25, -0.2) is 0 Å². The second-order valence-electron chi connectivity index (χ2n) is 5.73. The van der Waals surface area contributed by atoms with E-state index in [1.165, 1.54) is 67.6 Å². The van der Waals surface area contributed by atoms with E-state index in [2.05, 4.69) is 38.9 Å². The van der Waals surface area contributed by atoms with Gasteiger partial charge < -0.3 is 10.2 Å². The Morgan fingerprint density at radius 2 is 2.16 bits per heavy atom. The van der Waals surface area contributed by atoms with E-state index < -0.39 is 0 Å². The molecule has 1 unspecified atom stereocenters. The highest BCUT2D eigenvalue weighted by molar-refractivity contribution is 14.1. The molecule has 2 heterocycles. The van der Waals surface area contributed by atoms with Gasteiger partial charge in [-0.1, -0.05) is 0 Å². The molecule has 1 N–H and O–H groups in total. The fourth-order valence-corrected chi connectivity index (χ4v) is 5.44. The molecule has 1 aromatic heterocycles. The first-order valence-electron chi connectivity index (χ1n) is 7.57. The van der Waals surface area contributed by atoms with Gasteiger partial charge in [-0.2, -0.15) is 0 Å². The molecular formula is C15H23IN2S. The molecule has 4 heteroatoms. The number of nitrogens with one attached hydrogen (secondary N) is 1. The van der Waals surface area contributed by atoms with Gasteiger partial charge in [-0.15, -0.1) is 11.3 Å². The highest BCUT2D eigenvalue weighted by atomic mass is 127. The Morgan fingerprint density at radius 3 is 3.00 bits per heavy atom. The number of likely N-dealkylation sites (tertiary alicyclic amines) is 1. The van der Waals surface area contributed by atoms with Crippen LogP contribution in [0.5, 0.6) is 0 Å². The lowest BCUT2D eigenvalue weighted by molar-refractivity contribution is 0.325. The van der Waals surface area contributed by atoms with Gasteiger partial charge in [0.2, 0.25) is 0 Å². The van der Waals surface area contributed by atoms with Crippen LogP contribution in [0.2, 0.25) is 0 Å². The van der Waals surface area contributed by atoms with Crippen molar-refractivity contribution in [2.45, 2.75) is 44.6 Å². The topological polar surface area (TPSA) is 15.3 Å². The smallest absolute Gasteiger partial charge is 0.0659 e. The van der Waals surface area contributed by atoms with Crippen molar-refractivity contribution in [2.75, 3.05) is 26.2 Å². The molecule has 1 atom stereocenters. The van der Waals surface area contributed by atoms with Crippen molar-refractivity contribution in [3.8, 4) is 0 Å². The second-order valence-corrected chi connectivity index (χ2v) is 8.76. The van der Waals surface area contributed by atoms with E-state index in [4.69, 9.17) is 0 Å². The zero-order valence-electron chi connectivity index (χ0n) is 11.5. The minimum absolute atomic E-state index is 0.627. The molecule has 3 rings (SSSR count). The number of thiophene rings is 1. The highest BCUT2D eigenvalue weighted by Gasteiger charge is 2.22. The maximum absolute atomic E-state index is 3.79. The number of halogens is 1. The number of hydrogen-bond donors (Lipinski definition) is 1. The fourth-order valence-electron chi connectivity index (χ4n) is 3.32. The highest BCUT2D eigenvalue weighted by Crippen LogP contribution is 2.36. The maximum Gasteiger partial charge on any atom is 0.0659 e. The van der Waals surface area contributed by atoms with E-state index in [0.29, 0.717) is 6.04 Å². The molecule has 1 aliphatic carbocycles. The summed E-state index contributed by atoms with van der Waals surface area (Å²) < 4.78 is 1.45. The second kappa shape index (κ2) is 6.87. The van der Waals surface area contributed by atoms with E-state index in [1.54, 1.807) is 10.4 Å². The first-order valence-corrected chi connectivity index (χ1v) is 9.46. The van der Waals surface area contributed by atoms with Crippen LogP contribution in [-0.2, 0) is 6.42 Å². The van der Waals surface area contributed by atoms with Crippen molar-refractivity contribution in [2.24, 2.45) is 0 Å². The predicted octanol–water partition coefficient (Wildman–Crippen LogP) is 3.81. The number of rotatable bonds is 5. The molecule has 2 aliphatic rings. The quantitative estimate of drug-likeness (QED) is 0.608. The van der Waals surface area contributed by atoms with Gasteiger partial charge in [0.1, 0.15) is 0 Å². The molecule has 2 nitrogen and oxygen atoms in total. The van der Waals surface area contributed by atoms with E-state index in [9.17, 15) is 0 Å². The molecule has 0 spiro atoms. The first kappa shape index (κ1) is 14.3. The van der Waals surface area contributed by atoms with Crippen molar-refractivity contribution < 1.29 is 0 Å². The monoisotopic (exact) mass is 390 g/mol. The Bertz CT molecular complexity index is 412. The van der Waals surface area contributed by atoms with Crippen LogP contribution in [0.25, 0.3) is 0 Å². The number of hydrogen-bond acceptors (Lipinski definition) is 3. The zero-order chi connectivity index (χ0) is 13.1. The van der Waals surface area contributed by atoms with E-state index in [1.807, 2.05) is 11.3 Å². The standard InChI is InChI=1S/C15H23IN2S/c16-15-11-12-13(5-3-6-14(12)19-15)17-7-4-10-18-8-1-2-9-18/h11,13,17H,1-10H2. The lowest BCUT2D eigenvalue weighted by Gasteiger charge is -2.24. The minimum Gasteiger partial charge on any atom is -0.310 e. The van der Waals surface area contributed by atoms with Gasteiger partial charge in [-0.05, 0) is 98.9 Å². The summed E-state index contributed by atoms with van der Waals surface area (Å²) >= 11 is 4.46. The summed E-state index contributed by atoms with van der Waals surface area (Å²) in [6, 6.07) is 3.03. The SMILES string of the molecule is Ic1cc2c(s1)CCCC2NCCCN1CCCC1. The van der Waals surface area contributed by atoms with Crippen molar-refractivity contribution in [1.82, 2.24) is 10.2 Å². The van der Waals surface area contributed by atoms with E-state index in [0.717, 1.165) is 0 Å². The molecule has 106 valence electrons. The zero-order valence-corrected chi connectivity index (χ0v) is 14.4. The van der Waals surface area contributed by atoms with Crippen molar-refractivity contribution in [1.29, 1.82) is 0 Å². The average Bonchev–Trinajstić information content (AvgIpc) is 3.02. The number of fused-ring (bicyclic) bond motifs is 1. The summed E-state index contributed by atoms with van der Waals surface area (Å²) in [6.45, 7) is 5.12. The third-order valence-electron chi connectivity index (χ3n) is 4.32. The lowest BCUT2D eigenvalue weighted by atomic mass is 9.94. The number of nitrogens with zero attached hydrogens (tertiary/aromatic N) is 1. The third kappa shape index (κ3) is 3.71. The average molecular weight is 390 g/mol. The Morgan fingerprint density at radius 1 is 1.32 bits per heavy atom. The van der Waals surface area contributed by atoms with Gasteiger partial charge in [0.15, 0.2) is 0 Å².